The van der Waals surface area contributed by atoms with Gasteiger partial charge in [0, 0.05) is 49.5 Å². The van der Waals surface area contributed by atoms with Crippen LogP contribution in [0.4, 0.5) is 4.79 Å². The Balaban J connectivity index is 1.17. The molecule has 6 nitrogen and oxygen atoms in total. The zero-order valence-electron chi connectivity index (χ0n) is 16.1. The summed E-state index contributed by atoms with van der Waals surface area (Å²) < 4.78 is 6.07. The summed E-state index contributed by atoms with van der Waals surface area (Å²) in [6.45, 7) is 4.46. The molecule has 0 unspecified atom stereocenters. The molecule has 2 aromatic rings. The highest BCUT2D eigenvalue weighted by Gasteiger charge is 2.30. The summed E-state index contributed by atoms with van der Waals surface area (Å²) in [6.07, 6.45) is 8.07. The number of hydrogen-bond acceptors (Lipinski definition) is 5. The summed E-state index contributed by atoms with van der Waals surface area (Å²) in [4.78, 5) is 22.2. The Bertz CT molecular complexity index is 724. The normalized spacial score (nSPS) is 19.5. The maximum atomic E-state index is 12.4. The molecule has 0 atom stereocenters. The number of hydrogen-bond donors (Lipinski definition) is 1. The van der Waals surface area contributed by atoms with Gasteiger partial charge in [0.25, 0.3) is 0 Å². The van der Waals surface area contributed by atoms with E-state index in [1.807, 2.05) is 28.5 Å². The molecule has 0 aliphatic carbocycles. The fourth-order valence-electron chi connectivity index (χ4n) is 4.09. The Morgan fingerprint density at radius 1 is 1.11 bits per heavy atom. The average Bonchev–Trinajstić information content (AvgIpc) is 3.27. The van der Waals surface area contributed by atoms with Crippen LogP contribution in [0.5, 0.6) is 5.75 Å². The highest BCUT2D eigenvalue weighted by molar-refractivity contribution is 7.09. The lowest BCUT2D eigenvalue weighted by Gasteiger charge is -2.41. The SMILES string of the molecule is O=C(NCc1cccs1)N1CCC(N2CCC(Oc3ccncc3)CC2)CC1. The number of amides is 2. The van der Waals surface area contributed by atoms with Gasteiger partial charge in [0.1, 0.15) is 11.9 Å². The predicted molar refractivity (Wildman–Crippen MR) is 111 cm³/mol. The number of urea groups is 1. The van der Waals surface area contributed by atoms with Crippen LogP contribution < -0.4 is 10.1 Å². The maximum Gasteiger partial charge on any atom is 0.317 e. The van der Waals surface area contributed by atoms with E-state index in [-0.39, 0.29) is 6.03 Å². The van der Waals surface area contributed by atoms with Gasteiger partial charge >= 0.3 is 6.03 Å². The van der Waals surface area contributed by atoms with E-state index in [4.69, 9.17) is 4.74 Å². The smallest absolute Gasteiger partial charge is 0.317 e. The lowest BCUT2D eigenvalue weighted by atomic mass is 9.99. The quantitative estimate of drug-likeness (QED) is 0.836. The van der Waals surface area contributed by atoms with E-state index >= 15 is 0 Å². The first kappa shape index (κ1) is 19.2. The summed E-state index contributed by atoms with van der Waals surface area (Å²) in [7, 11) is 0. The number of carbonyl (C=O) groups is 1. The molecule has 2 amide bonds. The van der Waals surface area contributed by atoms with Crippen molar-refractivity contribution in [2.24, 2.45) is 0 Å². The van der Waals surface area contributed by atoms with Crippen molar-refractivity contribution in [2.45, 2.75) is 44.4 Å². The molecule has 0 spiro atoms. The molecule has 4 heterocycles. The number of nitrogens with zero attached hydrogens (tertiary/aromatic N) is 3. The van der Waals surface area contributed by atoms with Crippen LogP contribution in [-0.4, -0.2) is 59.1 Å². The average molecular weight is 401 g/mol. The van der Waals surface area contributed by atoms with E-state index in [0.29, 0.717) is 18.7 Å². The Morgan fingerprint density at radius 2 is 1.86 bits per heavy atom. The first-order valence-corrected chi connectivity index (χ1v) is 11.0. The summed E-state index contributed by atoms with van der Waals surface area (Å²) in [5.74, 6) is 0.912. The number of carbonyl (C=O) groups excluding carboxylic acids is 1. The van der Waals surface area contributed by atoms with Crippen LogP contribution in [0.1, 0.15) is 30.6 Å². The van der Waals surface area contributed by atoms with E-state index < -0.39 is 0 Å². The minimum absolute atomic E-state index is 0.0660. The van der Waals surface area contributed by atoms with Crippen molar-refractivity contribution in [3.63, 3.8) is 0 Å². The number of likely N-dealkylation sites (tertiary alicyclic amines) is 2. The van der Waals surface area contributed by atoms with Crippen LogP contribution in [0.3, 0.4) is 0 Å². The van der Waals surface area contributed by atoms with Crippen LogP contribution in [0.15, 0.2) is 42.0 Å². The molecule has 2 saturated heterocycles. The van der Waals surface area contributed by atoms with E-state index in [1.54, 1.807) is 23.7 Å². The number of pyridine rings is 1. The van der Waals surface area contributed by atoms with Crippen molar-refractivity contribution in [1.29, 1.82) is 0 Å². The van der Waals surface area contributed by atoms with Gasteiger partial charge < -0.3 is 15.0 Å². The van der Waals surface area contributed by atoms with Crippen molar-refractivity contribution in [3.05, 3.63) is 46.9 Å². The fraction of sp³-hybridized carbons (Fsp3) is 0.524. The lowest BCUT2D eigenvalue weighted by molar-refractivity contribution is 0.0535. The molecule has 2 aliphatic rings. The standard InChI is InChI=1S/C21H28N4O2S/c26-21(23-16-20-2-1-15-28-20)25-11-5-17(6-12-25)24-13-7-19(8-14-24)27-18-3-9-22-10-4-18/h1-4,9-10,15,17,19H,5-8,11-14,16H2,(H,23,26). The van der Waals surface area contributed by atoms with Crippen LogP contribution in [-0.2, 0) is 6.54 Å². The van der Waals surface area contributed by atoms with E-state index in [1.165, 1.54) is 4.88 Å². The third kappa shape index (κ3) is 5.02. The molecule has 4 rings (SSSR count). The van der Waals surface area contributed by atoms with Crippen LogP contribution in [0, 0.1) is 0 Å². The molecular weight excluding hydrogens is 372 g/mol. The molecule has 0 aromatic carbocycles. The molecule has 0 bridgehead atoms. The summed E-state index contributed by atoms with van der Waals surface area (Å²) in [6, 6.07) is 8.57. The summed E-state index contributed by atoms with van der Waals surface area (Å²) in [5.41, 5.74) is 0. The molecule has 150 valence electrons. The molecule has 2 aromatic heterocycles. The van der Waals surface area contributed by atoms with Gasteiger partial charge in [0.15, 0.2) is 0 Å². The number of piperidine rings is 2. The third-order valence-electron chi connectivity index (χ3n) is 5.69. The topological polar surface area (TPSA) is 57.7 Å². The molecule has 1 N–H and O–H groups in total. The van der Waals surface area contributed by atoms with Gasteiger partial charge in [-0.3, -0.25) is 9.88 Å². The van der Waals surface area contributed by atoms with Gasteiger partial charge in [-0.15, -0.1) is 11.3 Å². The van der Waals surface area contributed by atoms with Crippen molar-refractivity contribution in [1.82, 2.24) is 20.1 Å². The van der Waals surface area contributed by atoms with Crippen molar-refractivity contribution >= 4 is 17.4 Å². The Hall–Kier alpha value is -2.12. The zero-order chi connectivity index (χ0) is 19.2. The fourth-order valence-corrected chi connectivity index (χ4v) is 4.73. The number of thiophene rings is 1. The van der Waals surface area contributed by atoms with Crippen molar-refractivity contribution in [2.75, 3.05) is 26.2 Å². The first-order chi connectivity index (χ1) is 13.8. The maximum absolute atomic E-state index is 12.4. The molecular formula is C21H28N4O2S. The van der Waals surface area contributed by atoms with Gasteiger partial charge in [-0.25, -0.2) is 4.79 Å². The lowest BCUT2D eigenvalue weighted by Crippen LogP contribution is -2.51. The minimum Gasteiger partial charge on any atom is -0.490 e. The highest BCUT2D eigenvalue weighted by Crippen LogP contribution is 2.23. The second-order valence-corrected chi connectivity index (χ2v) is 8.52. The summed E-state index contributed by atoms with van der Waals surface area (Å²) in [5, 5.41) is 5.08. The second-order valence-electron chi connectivity index (χ2n) is 7.49. The van der Waals surface area contributed by atoms with Gasteiger partial charge in [0.05, 0.1) is 6.54 Å². The Morgan fingerprint density at radius 3 is 2.54 bits per heavy atom. The number of nitrogens with one attached hydrogen (secondary N) is 1. The number of rotatable bonds is 5. The minimum atomic E-state index is 0.0660. The van der Waals surface area contributed by atoms with Crippen molar-refractivity contribution in [3.8, 4) is 5.75 Å². The number of ether oxygens (including phenoxy) is 1. The summed E-state index contributed by atoms with van der Waals surface area (Å²) >= 11 is 1.68. The first-order valence-electron chi connectivity index (χ1n) is 10.1. The Labute approximate surface area is 170 Å². The molecule has 0 radical (unpaired) electrons. The van der Waals surface area contributed by atoms with Gasteiger partial charge in [-0.1, -0.05) is 6.07 Å². The predicted octanol–water partition coefficient (Wildman–Crippen LogP) is 3.36. The second kappa shape index (κ2) is 9.39. The van der Waals surface area contributed by atoms with Crippen LogP contribution in [0.2, 0.25) is 0 Å². The van der Waals surface area contributed by atoms with Gasteiger partial charge in [-0.2, -0.15) is 0 Å². The zero-order valence-corrected chi connectivity index (χ0v) is 16.9. The molecule has 2 fully saturated rings. The molecule has 7 heteroatoms. The van der Waals surface area contributed by atoms with Gasteiger partial charge in [-0.05, 0) is 49.3 Å². The molecule has 0 saturated carbocycles. The van der Waals surface area contributed by atoms with Crippen LogP contribution >= 0.6 is 11.3 Å². The van der Waals surface area contributed by atoms with Crippen LogP contribution in [0.25, 0.3) is 0 Å². The van der Waals surface area contributed by atoms with E-state index in [9.17, 15) is 4.79 Å². The molecule has 28 heavy (non-hydrogen) atoms. The molecule has 2 aliphatic heterocycles. The van der Waals surface area contributed by atoms with E-state index in [2.05, 4.69) is 21.3 Å². The monoisotopic (exact) mass is 400 g/mol. The number of aromatic nitrogens is 1. The van der Waals surface area contributed by atoms with E-state index in [0.717, 1.165) is 57.6 Å². The van der Waals surface area contributed by atoms with Gasteiger partial charge in [0.2, 0.25) is 0 Å². The third-order valence-corrected chi connectivity index (χ3v) is 6.57. The highest BCUT2D eigenvalue weighted by atomic mass is 32.1. The van der Waals surface area contributed by atoms with Crippen molar-refractivity contribution < 1.29 is 9.53 Å². The Kier molecular flexibility index (Phi) is 6.44. The largest absolute Gasteiger partial charge is 0.490 e.